The molecule has 0 heterocycles. The number of ether oxygens (including phenoxy) is 1. The van der Waals surface area contributed by atoms with E-state index in [9.17, 15) is 23.2 Å². The van der Waals surface area contributed by atoms with E-state index < -0.39 is 38.4 Å². The van der Waals surface area contributed by atoms with Crippen molar-refractivity contribution in [3.63, 3.8) is 0 Å². The molecule has 1 aromatic rings. The molecule has 0 spiro atoms. The number of aromatic hydroxyl groups is 1. The van der Waals surface area contributed by atoms with Gasteiger partial charge in [-0.15, -0.1) is 0 Å². The largest absolute Gasteiger partial charge is 0.481 e. The number of hydrogen-bond donors (Lipinski definition) is 5. The molecule has 0 aliphatic carbocycles. The van der Waals surface area contributed by atoms with Crippen molar-refractivity contribution in [1.82, 2.24) is 0 Å². The van der Waals surface area contributed by atoms with Crippen molar-refractivity contribution < 1.29 is 41.3 Å². The van der Waals surface area contributed by atoms with Gasteiger partial charge in [-0.05, 0) is 6.92 Å². The first-order valence-electron chi connectivity index (χ1n) is 6.51. The molecule has 0 aliphatic heterocycles. The number of benzene rings is 1. The second kappa shape index (κ2) is 9.76. The van der Waals surface area contributed by atoms with Gasteiger partial charge < -0.3 is 9.84 Å². The van der Waals surface area contributed by atoms with Crippen LogP contribution in [-0.4, -0.2) is 57.0 Å². The molecule has 0 aliphatic rings. The second-order valence-electron chi connectivity index (χ2n) is 4.30. The number of carbonyl (C=O) groups is 3. The first-order chi connectivity index (χ1) is 11.0. The van der Waals surface area contributed by atoms with Crippen LogP contribution in [0.5, 0.6) is 5.75 Å². The van der Waals surface area contributed by atoms with Gasteiger partial charge in [0.15, 0.2) is 0 Å². The van der Waals surface area contributed by atoms with Gasteiger partial charge in [0.25, 0.3) is 0 Å². The van der Waals surface area contributed by atoms with Crippen LogP contribution in [0.1, 0.15) is 20.3 Å². The Morgan fingerprint density at radius 2 is 1.83 bits per heavy atom. The molecule has 134 valence electrons. The quantitative estimate of drug-likeness (QED) is 0.177. The Bertz CT molecular complexity index is 653. The van der Waals surface area contributed by atoms with E-state index in [0.717, 1.165) is 18.2 Å². The molecule has 11 heteroatoms. The maximum atomic E-state index is 10.9. The number of amides is 1. The summed E-state index contributed by atoms with van der Waals surface area (Å²) in [6.45, 7) is 3.08. The van der Waals surface area contributed by atoms with E-state index in [1.54, 1.807) is 6.92 Å². The van der Waals surface area contributed by atoms with Crippen molar-refractivity contribution in [2.75, 3.05) is 11.9 Å². The number of rotatable bonds is 5. The number of carboxylic acids is 1. The molecule has 5 N–H and O–H groups in total. The molecule has 0 fully saturated rings. The predicted octanol–water partition coefficient (Wildman–Crippen LogP) is -1.06. The van der Waals surface area contributed by atoms with Crippen molar-refractivity contribution in [2.24, 2.45) is 0 Å². The number of esters is 1. The van der Waals surface area contributed by atoms with Crippen LogP contribution in [0.4, 0.5) is 5.69 Å². The zero-order chi connectivity index (χ0) is 18.9. The normalized spacial score (nSPS) is 10.2. The summed E-state index contributed by atoms with van der Waals surface area (Å²) in [5, 5.41) is 19.6. The molecular weight excluding hydrogens is 389 g/mol. The Balaban J connectivity index is 0.000000506. The third kappa shape index (κ3) is 8.98. The van der Waals surface area contributed by atoms with Crippen LogP contribution in [-0.2, 0) is 22.9 Å². The number of carbonyl (C=O) groups excluding carboxylic acids is 2. The van der Waals surface area contributed by atoms with E-state index in [-0.39, 0.29) is 22.4 Å². The summed E-state index contributed by atoms with van der Waals surface area (Å²) in [6, 6.07) is 3.32. The molecule has 1 aromatic carbocycles. The van der Waals surface area contributed by atoms with E-state index in [0.29, 0.717) is 0 Å². The molecule has 0 aromatic heterocycles. The Labute approximate surface area is 140 Å². The Kier molecular flexibility index (Phi) is 8.83. The van der Waals surface area contributed by atoms with Crippen LogP contribution < -0.4 is 9.67 Å². The fourth-order valence-electron chi connectivity index (χ4n) is 1.33. The van der Waals surface area contributed by atoms with Crippen molar-refractivity contribution in [1.29, 1.82) is 0 Å². The van der Waals surface area contributed by atoms with Gasteiger partial charge >= 0.3 is 100 Å². The summed E-state index contributed by atoms with van der Waals surface area (Å²) < 4.78 is 32.9. The Hall–Kier alpha value is -2.29. The van der Waals surface area contributed by atoms with Crippen LogP contribution in [0, 0.1) is 0 Å². The second-order valence-corrected chi connectivity index (χ2v) is 7.67. The minimum absolute atomic E-state index is 0.00951. The molecule has 0 atom stereocenters. The summed E-state index contributed by atoms with van der Waals surface area (Å²) in [7, 11) is 0. The number of phenolic OH excluding ortho intramolecular Hbond substituents is 1. The van der Waals surface area contributed by atoms with Crippen LogP contribution in [0.3, 0.4) is 0 Å². The zero-order valence-electron chi connectivity index (χ0n) is 12.9. The number of aliphatic carboxylic acids is 1. The van der Waals surface area contributed by atoms with Gasteiger partial charge in [0.2, 0.25) is 0 Å². The Morgan fingerprint density at radius 1 is 1.25 bits per heavy atom. The van der Waals surface area contributed by atoms with E-state index in [1.807, 2.05) is 0 Å². The van der Waals surface area contributed by atoms with Gasteiger partial charge in [-0.25, -0.2) is 0 Å². The molecular formula is C13H18AsNO9. The number of phenols is 1. The van der Waals surface area contributed by atoms with E-state index in [2.05, 4.69) is 10.1 Å². The van der Waals surface area contributed by atoms with E-state index in [1.165, 1.54) is 6.92 Å². The Morgan fingerprint density at radius 3 is 2.25 bits per heavy atom. The summed E-state index contributed by atoms with van der Waals surface area (Å²) in [6.07, 6.45) is -0.548. The summed E-state index contributed by atoms with van der Waals surface area (Å²) >= 11 is -4.98. The number of hydrogen-bond acceptors (Lipinski definition) is 6. The molecule has 0 bridgehead atoms. The van der Waals surface area contributed by atoms with Crippen LogP contribution in [0.25, 0.3) is 0 Å². The maximum absolute atomic E-state index is 10.9. The number of nitrogens with one attached hydrogen (secondary N) is 1. The molecule has 24 heavy (non-hydrogen) atoms. The minimum atomic E-state index is -4.98. The van der Waals surface area contributed by atoms with Gasteiger partial charge in [-0.2, -0.15) is 0 Å². The molecule has 1 rings (SSSR count). The van der Waals surface area contributed by atoms with Crippen molar-refractivity contribution in [2.45, 2.75) is 20.3 Å². The van der Waals surface area contributed by atoms with E-state index >= 15 is 0 Å². The van der Waals surface area contributed by atoms with Gasteiger partial charge in [-0.3, -0.25) is 9.59 Å². The zero-order valence-corrected chi connectivity index (χ0v) is 14.8. The average Bonchev–Trinajstić information content (AvgIpc) is 2.39. The first kappa shape index (κ1) is 21.7. The predicted molar refractivity (Wildman–Crippen MR) is 81.8 cm³/mol. The van der Waals surface area contributed by atoms with Crippen LogP contribution in [0.15, 0.2) is 18.2 Å². The molecule has 0 saturated carbocycles. The van der Waals surface area contributed by atoms with E-state index in [4.69, 9.17) is 13.3 Å². The average molecular weight is 407 g/mol. The van der Waals surface area contributed by atoms with Gasteiger partial charge in [0, 0.05) is 0 Å². The SMILES string of the molecule is CC(=O)Nc1cc([As](=O)(O)O)ccc1O.CCOC(=O)CC(=O)O. The van der Waals surface area contributed by atoms with Crippen LogP contribution in [0.2, 0.25) is 0 Å². The van der Waals surface area contributed by atoms with Crippen molar-refractivity contribution in [3.8, 4) is 5.75 Å². The van der Waals surface area contributed by atoms with Gasteiger partial charge in [-0.1, -0.05) is 0 Å². The third-order valence-electron chi connectivity index (χ3n) is 2.23. The topological polar surface area (TPSA) is 170 Å². The molecule has 0 unspecified atom stereocenters. The summed E-state index contributed by atoms with van der Waals surface area (Å²) in [5.41, 5.74) is -0.00951. The summed E-state index contributed by atoms with van der Waals surface area (Å²) in [4.78, 5) is 30.7. The number of carboxylic acid groups (broad SMARTS) is 1. The monoisotopic (exact) mass is 407 g/mol. The minimum Gasteiger partial charge on any atom is -0.481 e. The maximum Gasteiger partial charge on any atom is 0.317 e. The third-order valence-corrected chi connectivity index (χ3v) is 4.22. The van der Waals surface area contributed by atoms with Crippen LogP contribution >= 0.6 is 0 Å². The van der Waals surface area contributed by atoms with Gasteiger partial charge in [0.1, 0.15) is 6.42 Å². The first-order valence-corrected chi connectivity index (χ1v) is 9.89. The summed E-state index contributed by atoms with van der Waals surface area (Å²) in [5.74, 6) is -2.52. The molecule has 0 radical (unpaired) electrons. The number of anilines is 1. The smallest absolute Gasteiger partial charge is 0.317 e. The fraction of sp³-hybridized carbons (Fsp3) is 0.308. The fourth-order valence-corrected chi connectivity index (χ4v) is 2.52. The molecule has 10 nitrogen and oxygen atoms in total. The van der Waals surface area contributed by atoms with Crippen molar-refractivity contribution in [3.05, 3.63) is 18.2 Å². The molecule has 1 amide bonds. The van der Waals surface area contributed by atoms with Gasteiger partial charge in [0.05, 0.1) is 6.61 Å². The standard InChI is InChI=1S/C8H10AsNO5.C5H8O4/c1-5(11)10-7-4-6(9(13,14)15)2-3-8(7)12;1-2-9-5(8)3-4(6)7/h2-4,12H,1H3,(H,10,11)(H2,13,14,15);2-3H2,1H3,(H,6,7). The molecule has 0 saturated heterocycles. The van der Waals surface area contributed by atoms with Crippen molar-refractivity contribution >= 4 is 42.1 Å².